The molecule has 1 aliphatic carbocycles. The third kappa shape index (κ3) is 5.03. The SMILES string of the molecule is c1ccc2c(c1)Sc1ccccc1C21c2ccccc2-c2ccc(N(c3ccc4c5ccccc5n(-c5ccc6c(c5)oc5ccccc56)c4c3)c3cccc4ccccc34)c3cccc1c23. The molecule has 0 N–H and O–H groups in total. The first-order chi connectivity index (χ1) is 33.2. The molecule has 11 aromatic carbocycles. The Labute approximate surface area is 390 Å². The molecule has 0 bridgehead atoms. The van der Waals surface area contributed by atoms with Gasteiger partial charge < -0.3 is 13.9 Å². The molecule has 312 valence electrons. The lowest BCUT2D eigenvalue weighted by molar-refractivity contribution is 0.668. The minimum absolute atomic E-state index is 0.523. The van der Waals surface area contributed by atoms with E-state index >= 15 is 0 Å². The van der Waals surface area contributed by atoms with Crippen LogP contribution in [0.5, 0.6) is 0 Å². The predicted molar refractivity (Wildman–Crippen MR) is 279 cm³/mol. The van der Waals surface area contributed by atoms with Crippen molar-refractivity contribution >= 4 is 94.1 Å². The fraction of sp³-hybridized carbons (Fsp3) is 0.0159. The monoisotopic (exact) mass is 870 g/mol. The highest BCUT2D eigenvalue weighted by Crippen LogP contribution is 2.62. The van der Waals surface area contributed by atoms with Crippen molar-refractivity contribution in [3.63, 3.8) is 0 Å². The zero-order valence-corrected chi connectivity index (χ0v) is 37.0. The van der Waals surface area contributed by atoms with Gasteiger partial charge in [0.1, 0.15) is 11.2 Å². The third-order valence-electron chi connectivity index (χ3n) is 14.6. The van der Waals surface area contributed by atoms with Gasteiger partial charge in [-0.05, 0) is 105 Å². The van der Waals surface area contributed by atoms with E-state index in [0.717, 1.165) is 55.7 Å². The third-order valence-corrected chi connectivity index (χ3v) is 15.8. The molecule has 0 atom stereocenters. The van der Waals surface area contributed by atoms with Crippen LogP contribution in [0.25, 0.3) is 82.1 Å². The van der Waals surface area contributed by atoms with E-state index < -0.39 is 5.41 Å². The molecule has 0 amide bonds. The van der Waals surface area contributed by atoms with Gasteiger partial charge in [-0.1, -0.05) is 176 Å². The van der Waals surface area contributed by atoms with Gasteiger partial charge in [0, 0.05) is 59.5 Å². The van der Waals surface area contributed by atoms with Crippen LogP contribution in [0.4, 0.5) is 17.1 Å². The van der Waals surface area contributed by atoms with Crippen LogP contribution in [-0.4, -0.2) is 4.57 Å². The summed E-state index contributed by atoms with van der Waals surface area (Å²) in [6, 6.07) is 85.4. The summed E-state index contributed by atoms with van der Waals surface area (Å²) in [7, 11) is 0. The first-order valence-corrected chi connectivity index (χ1v) is 23.8. The van der Waals surface area contributed by atoms with Crippen molar-refractivity contribution in [1.82, 2.24) is 4.57 Å². The molecule has 3 nitrogen and oxygen atoms in total. The maximum atomic E-state index is 6.49. The van der Waals surface area contributed by atoms with Crippen molar-refractivity contribution in [1.29, 1.82) is 0 Å². The van der Waals surface area contributed by atoms with Gasteiger partial charge in [-0.25, -0.2) is 0 Å². The highest BCUT2D eigenvalue weighted by molar-refractivity contribution is 7.99. The molecule has 1 aliphatic heterocycles. The standard InChI is InChI=1S/C63H38N2OS/c1-2-17-42-39(15-1)16-13-27-54(42)64(40-31-33-45-44-19-4-9-26-55(44)65(57(45)37-40)41-32-34-47-46-20-5-10-28-58(46)66-59(47)38-41)56-36-35-48-43-18-3-6-22-50(43)63(53-25-14-21-49(56)62(48)53)51-23-7-11-29-60(51)67-61-30-12-8-24-52(61)63/h1-38H. The lowest BCUT2D eigenvalue weighted by atomic mass is 9.59. The summed E-state index contributed by atoms with van der Waals surface area (Å²) in [5.41, 5.74) is 15.8. The van der Waals surface area contributed by atoms with Crippen molar-refractivity contribution in [2.75, 3.05) is 4.90 Å². The Morgan fingerprint density at radius 3 is 1.87 bits per heavy atom. The van der Waals surface area contributed by atoms with E-state index in [-0.39, 0.29) is 0 Å². The minimum atomic E-state index is -0.523. The molecule has 15 rings (SSSR count). The molecule has 0 unspecified atom stereocenters. The Morgan fingerprint density at radius 1 is 0.388 bits per heavy atom. The number of aromatic nitrogens is 1. The van der Waals surface area contributed by atoms with E-state index in [2.05, 4.69) is 234 Å². The summed E-state index contributed by atoms with van der Waals surface area (Å²) >= 11 is 1.89. The fourth-order valence-corrected chi connectivity index (χ4v) is 13.1. The zero-order chi connectivity index (χ0) is 43.8. The van der Waals surface area contributed by atoms with Crippen LogP contribution in [0.1, 0.15) is 22.3 Å². The fourth-order valence-electron chi connectivity index (χ4n) is 11.9. The molecule has 1 spiro atoms. The molecule has 3 heterocycles. The molecule has 0 saturated heterocycles. The summed E-state index contributed by atoms with van der Waals surface area (Å²) in [6.45, 7) is 0. The number of furan rings is 1. The normalized spacial score (nSPS) is 13.4. The Bertz CT molecular complexity index is 4180. The largest absolute Gasteiger partial charge is 0.456 e. The van der Waals surface area contributed by atoms with Crippen LogP contribution in [0, 0.1) is 0 Å². The summed E-state index contributed by atoms with van der Waals surface area (Å²) in [5, 5.41) is 9.54. The highest BCUT2D eigenvalue weighted by atomic mass is 32.2. The number of nitrogens with zero attached hydrogens (tertiary/aromatic N) is 2. The van der Waals surface area contributed by atoms with E-state index in [4.69, 9.17) is 4.42 Å². The number of rotatable bonds is 4. The van der Waals surface area contributed by atoms with Gasteiger partial charge in [0.15, 0.2) is 0 Å². The average molecular weight is 871 g/mol. The van der Waals surface area contributed by atoms with Crippen LogP contribution in [0.15, 0.2) is 245 Å². The quantitative estimate of drug-likeness (QED) is 0.176. The molecule has 4 heteroatoms. The molecule has 2 aliphatic rings. The second kappa shape index (κ2) is 13.9. The maximum absolute atomic E-state index is 6.49. The number of hydrogen-bond donors (Lipinski definition) is 0. The number of benzene rings is 11. The van der Waals surface area contributed by atoms with Crippen molar-refractivity contribution in [3.8, 4) is 16.8 Å². The van der Waals surface area contributed by atoms with Gasteiger partial charge in [-0.2, -0.15) is 0 Å². The van der Waals surface area contributed by atoms with Crippen LogP contribution < -0.4 is 4.90 Å². The summed E-state index contributed by atoms with van der Waals surface area (Å²) < 4.78 is 8.90. The Hall–Kier alpha value is -8.31. The van der Waals surface area contributed by atoms with E-state index in [9.17, 15) is 0 Å². The summed E-state index contributed by atoms with van der Waals surface area (Å²) in [6.07, 6.45) is 0. The molecule has 0 radical (unpaired) electrons. The number of fused-ring (bicyclic) bond motifs is 15. The van der Waals surface area contributed by atoms with E-state index in [1.807, 2.05) is 17.8 Å². The van der Waals surface area contributed by atoms with Crippen molar-refractivity contribution in [2.45, 2.75) is 15.2 Å². The lowest BCUT2D eigenvalue weighted by Gasteiger charge is -2.46. The Kier molecular flexibility index (Phi) is 7.64. The first kappa shape index (κ1) is 37.0. The van der Waals surface area contributed by atoms with Crippen LogP contribution in [0.3, 0.4) is 0 Å². The molecule has 0 saturated carbocycles. The number of anilines is 3. The maximum Gasteiger partial charge on any atom is 0.137 e. The lowest BCUT2D eigenvalue weighted by Crippen LogP contribution is -2.36. The van der Waals surface area contributed by atoms with Gasteiger partial charge in [-0.3, -0.25) is 0 Å². The molecule has 0 fully saturated rings. The summed E-state index contributed by atoms with van der Waals surface area (Å²) in [4.78, 5) is 5.11. The van der Waals surface area contributed by atoms with E-state index in [1.165, 1.54) is 75.5 Å². The van der Waals surface area contributed by atoms with Crippen molar-refractivity contribution < 1.29 is 4.42 Å². The smallest absolute Gasteiger partial charge is 0.137 e. The summed E-state index contributed by atoms with van der Waals surface area (Å²) in [5.74, 6) is 0. The number of para-hydroxylation sites is 2. The van der Waals surface area contributed by atoms with Gasteiger partial charge in [0.25, 0.3) is 0 Å². The predicted octanol–water partition coefficient (Wildman–Crippen LogP) is 17.3. The van der Waals surface area contributed by atoms with Crippen LogP contribution >= 0.6 is 11.8 Å². The van der Waals surface area contributed by atoms with Crippen molar-refractivity contribution in [2.24, 2.45) is 0 Å². The molecule has 67 heavy (non-hydrogen) atoms. The van der Waals surface area contributed by atoms with Crippen LogP contribution in [-0.2, 0) is 5.41 Å². The van der Waals surface area contributed by atoms with Crippen molar-refractivity contribution in [3.05, 3.63) is 253 Å². The van der Waals surface area contributed by atoms with Crippen LogP contribution in [0.2, 0.25) is 0 Å². The van der Waals surface area contributed by atoms with Gasteiger partial charge in [-0.15, -0.1) is 0 Å². The van der Waals surface area contributed by atoms with Gasteiger partial charge in [0.2, 0.25) is 0 Å². The number of hydrogen-bond acceptors (Lipinski definition) is 3. The first-order valence-electron chi connectivity index (χ1n) is 23.0. The van der Waals surface area contributed by atoms with E-state index in [0.29, 0.717) is 0 Å². The van der Waals surface area contributed by atoms with Gasteiger partial charge in [0.05, 0.1) is 27.8 Å². The molecular formula is C63H38N2OS. The zero-order valence-electron chi connectivity index (χ0n) is 36.2. The molecule has 2 aromatic heterocycles. The average Bonchev–Trinajstić information content (AvgIpc) is 3.93. The van der Waals surface area contributed by atoms with E-state index in [1.54, 1.807) is 0 Å². The molecule has 13 aromatic rings. The second-order valence-electron chi connectivity index (χ2n) is 17.9. The molecular weight excluding hydrogens is 833 g/mol. The highest BCUT2D eigenvalue weighted by Gasteiger charge is 2.48. The van der Waals surface area contributed by atoms with Gasteiger partial charge >= 0.3 is 0 Å². The Balaban J connectivity index is 1.03. The minimum Gasteiger partial charge on any atom is -0.456 e. The second-order valence-corrected chi connectivity index (χ2v) is 19.0. The Morgan fingerprint density at radius 2 is 1.00 bits per heavy atom. The topological polar surface area (TPSA) is 21.3 Å².